The number of carbonyl (C=O) groups is 1. The van der Waals surface area contributed by atoms with E-state index in [9.17, 15) is 4.79 Å². The van der Waals surface area contributed by atoms with Gasteiger partial charge in [-0.3, -0.25) is 9.36 Å². The summed E-state index contributed by atoms with van der Waals surface area (Å²) >= 11 is 19.5. The Kier molecular flexibility index (Phi) is 8.48. The van der Waals surface area contributed by atoms with Crippen LogP contribution in [-0.2, 0) is 11.3 Å². The Hall–Kier alpha value is -2.19. The molecule has 0 radical (unpaired) electrons. The van der Waals surface area contributed by atoms with E-state index in [0.717, 1.165) is 5.56 Å². The minimum atomic E-state index is -0.446. The smallest absolute Gasteiger partial charge is 0.234 e. The highest BCUT2D eigenvalue weighted by Gasteiger charge is 2.20. The maximum atomic E-state index is 12.5. The van der Waals surface area contributed by atoms with E-state index in [0.29, 0.717) is 44.0 Å². The van der Waals surface area contributed by atoms with Gasteiger partial charge in [0.15, 0.2) is 17.1 Å². The summed E-state index contributed by atoms with van der Waals surface area (Å²) in [6, 6.07) is 10.4. The van der Waals surface area contributed by atoms with Gasteiger partial charge in [0.1, 0.15) is 5.75 Å². The molecule has 0 aliphatic carbocycles. The van der Waals surface area contributed by atoms with Crippen LogP contribution in [0.4, 0.5) is 5.69 Å². The fourth-order valence-electron chi connectivity index (χ4n) is 2.87. The van der Waals surface area contributed by atoms with Crippen LogP contribution in [0.5, 0.6) is 5.75 Å². The monoisotopic (exact) mass is 510 g/mol. The van der Waals surface area contributed by atoms with Crippen LogP contribution in [0.2, 0.25) is 15.1 Å². The number of carbonyl (C=O) groups excluding carboxylic acids is 1. The van der Waals surface area contributed by atoms with Gasteiger partial charge in [0.2, 0.25) is 5.91 Å². The summed E-state index contributed by atoms with van der Waals surface area (Å²) in [7, 11) is 0. The van der Waals surface area contributed by atoms with Gasteiger partial charge in [0.05, 0.1) is 10.8 Å². The molecule has 1 N–H and O–H groups in total. The van der Waals surface area contributed by atoms with Crippen LogP contribution >= 0.6 is 46.6 Å². The van der Waals surface area contributed by atoms with Gasteiger partial charge in [-0.2, -0.15) is 0 Å². The van der Waals surface area contributed by atoms with Gasteiger partial charge < -0.3 is 10.1 Å². The summed E-state index contributed by atoms with van der Waals surface area (Å²) in [4.78, 5) is 12.5. The molecule has 0 saturated carbocycles. The third kappa shape index (κ3) is 6.19. The zero-order valence-electron chi connectivity index (χ0n) is 17.4. The van der Waals surface area contributed by atoms with E-state index in [1.165, 1.54) is 11.8 Å². The summed E-state index contributed by atoms with van der Waals surface area (Å²) < 4.78 is 7.82. The summed E-state index contributed by atoms with van der Waals surface area (Å²) in [5, 5.41) is 13.4. The molecular formula is C22H21Cl3N4O2S. The van der Waals surface area contributed by atoms with Crippen molar-refractivity contribution in [1.29, 1.82) is 0 Å². The highest BCUT2D eigenvalue weighted by Crippen LogP contribution is 2.32. The molecule has 1 unspecified atom stereocenters. The molecule has 0 aliphatic heterocycles. The van der Waals surface area contributed by atoms with Gasteiger partial charge in [0.25, 0.3) is 0 Å². The first-order valence-electron chi connectivity index (χ1n) is 9.63. The molecule has 0 saturated heterocycles. The van der Waals surface area contributed by atoms with Crippen LogP contribution in [0.15, 0.2) is 54.2 Å². The van der Waals surface area contributed by atoms with Crippen molar-refractivity contribution in [3.63, 3.8) is 0 Å². The zero-order chi connectivity index (χ0) is 23.3. The van der Waals surface area contributed by atoms with Crippen molar-refractivity contribution in [2.45, 2.75) is 31.7 Å². The van der Waals surface area contributed by atoms with Gasteiger partial charge in [0, 0.05) is 22.3 Å². The Morgan fingerprint density at radius 2 is 1.94 bits per heavy atom. The van der Waals surface area contributed by atoms with Crippen LogP contribution in [0.1, 0.15) is 24.4 Å². The molecule has 32 heavy (non-hydrogen) atoms. The summed E-state index contributed by atoms with van der Waals surface area (Å²) in [6.45, 7) is 8.01. The number of thioether (sulfide) groups is 1. The van der Waals surface area contributed by atoms with Crippen LogP contribution in [0.3, 0.4) is 0 Å². The lowest BCUT2D eigenvalue weighted by Crippen LogP contribution is -2.16. The molecule has 0 aliphatic rings. The Bertz CT molecular complexity index is 1140. The van der Waals surface area contributed by atoms with Crippen LogP contribution < -0.4 is 10.1 Å². The number of ether oxygens (including phenoxy) is 1. The first-order valence-corrected chi connectivity index (χ1v) is 11.7. The molecule has 1 heterocycles. The fourth-order valence-corrected chi connectivity index (χ4v) is 4.25. The third-order valence-corrected chi connectivity index (χ3v) is 6.16. The summed E-state index contributed by atoms with van der Waals surface area (Å²) in [5.41, 5.74) is 1.61. The number of aryl methyl sites for hydroxylation is 1. The minimum absolute atomic E-state index is 0.152. The number of allylic oxidation sites excluding steroid dienone is 1. The lowest BCUT2D eigenvalue weighted by atomic mass is 10.2. The number of hydrogen-bond donors (Lipinski definition) is 1. The molecule has 6 nitrogen and oxygen atoms in total. The number of aromatic nitrogens is 3. The third-order valence-electron chi connectivity index (χ3n) is 4.42. The van der Waals surface area contributed by atoms with E-state index in [2.05, 4.69) is 22.1 Å². The molecule has 3 aromatic rings. The second kappa shape index (κ2) is 11.1. The number of hydrogen-bond acceptors (Lipinski definition) is 5. The van der Waals surface area contributed by atoms with Crippen LogP contribution in [-0.4, -0.2) is 26.4 Å². The van der Waals surface area contributed by atoms with Gasteiger partial charge in [-0.25, -0.2) is 0 Å². The van der Waals surface area contributed by atoms with Crippen molar-refractivity contribution in [2.75, 3.05) is 11.1 Å². The SMILES string of the molecule is C=CCn1c(SCC(=O)Nc2cc(Cl)ccc2C)nnc1C(C)Oc1ccc(Cl)cc1Cl. The maximum Gasteiger partial charge on any atom is 0.234 e. The minimum Gasteiger partial charge on any atom is -0.481 e. The first-order chi connectivity index (χ1) is 15.3. The molecule has 0 fully saturated rings. The van der Waals surface area contributed by atoms with Crippen LogP contribution in [0.25, 0.3) is 0 Å². The maximum absolute atomic E-state index is 12.5. The molecule has 0 bridgehead atoms. The zero-order valence-corrected chi connectivity index (χ0v) is 20.5. The second-order valence-corrected chi connectivity index (χ2v) is 9.09. The number of nitrogens with zero attached hydrogens (tertiary/aromatic N) is 3. The van der Waals surface area contributed by atoms with Crippen molar-refractivity contribution in [2.24, 2.45) is 0 Å². The number of halogens is 3. The molecule has 1 amide bonds. The molecule has 0 spiro atoms. The highest BCUT2D eigenvalue weighted by atomic mass is 35.5. The van der Waals surface area contributed by atoms with Crippen molar-refractivity contribution < 1.29 is 9.53 Å². The summed E-state index contributed by atoms with van der Waals surface area (Å²) in [6.07, 6.45) is 1.28. The van der Waals surface area contributed by atoms with Gasteiger partial charge in [-0.1, -0.05) is 58.7 Å². The Morgan fingerprint density at radius 1 is 1.22 bits per heavy atom. The molecule has 1 atom stereocenters. The van der Waals surface area contributed by atoms with Crippen molar-refractivity contribution >= 4 is 58.2 Å². The van der Waals surface area contributed by atoms with E-state index in [1.807, 2.05) is 24.5 Å². The standard InChI is InChI=1S/C22H21Cl3N4O2S/c1-4-9-29-21(14(3)31-19-8-7-15(23)10-17(19)25)27-28-22(29)32-12-20(30)26-18-11-16(24)6-5-13(18)2/h4-8,10-11,14H,1,9,12H2,2-3H3,(H,26,30). The Labute approximate surface area is 205 Å². The topological polar surface area (TPSA) is 69.0 Å². The normalized spacial score (nSPS) is 11.8. The van der Waals surface area contributed by atoms with Crippen molar-refractivity contribution in [1.82, 2.24) is 14.8 Å². The van der Waals surface area contributed by atoms with Gasteiger partial charge in [-0.15, -0.1) is 16.8 Å². The number of benzene rings is 2. The van der Waals surface area contributed by atoms with Gasteiger partial charge in [-0.05, 0) is 49.7 Å². The average molecular weight is 512 g/mol. The van der Waals surface area contributed by atoms with Crippen molar-refractivity contribution in [3.8, 4) is 5.75 Å². The predicted octanol–water partition coefficient (Wildman–Crippen LogP) is 6.60. The quantitative estimate of drug-likeness (QED) is 0.259. The largest absolute Gasteiger partial charge is 0.481 e. The lowest BCUT2D eigenvalue weighted by Gasteiger charge is -2.16. The number of anilines is 1. The summed E-state index contributed by atoms with van der Waals surface area (Å²) in [5.74, 6) is 1.05. The fraction of sp³-hybridized carbons (Fsp3) is 0.227. The molecule has 2 aromatic carbocycles. The van der Waals surface area contributed by atoms with E-state index in [4.69, 9.17) is 39.5 Å². The molecule has 10 heteroatoms. The molecule has 3 rings (SSSR count). The van der Waals surface area contributed by atoms with Crippen molar-refractivity contribution in [3.05, 3.63) is 75.5 Å². The number of rotatable bonds is 9. The predicted molar refractivity (Wildman–Crippen MR) is 131 cm³/mol. The van der Waals surface area contributed by atoms with E-state index < -0.39 is 6.10 Å². The molecular weight excluding hydrogens is 491 g/mol. The van der Waals surface area contributed by atoms with E-state index >= 15 is 0 Å². The lowest BCUT2D eigenvalue weighted by molar-refractivity contribution is -0.113. The molecule has 168 valence electrons. The first kappa shape index (κ1) is 24.5. The highest BCUT2D eigenvalue weighted by molar-refractivity contribution is 7.99. The average Bonchev–Trinajstić information content (AvgIpc) is 3.14. The number of amides is 1. The Balaban J connectivity index is 1.70. The van der Waals surface area contributed by atoms with Gasteiger partial charge >= 0.3 is 0 Å². The number of nitrogens with one attached hydrogen (secondary N) is 1. The second-order valence-electron chi connectivity index (χ2n) is 6.87. The van der Waals surface area contributed by atoms with Crippen LogP contribution in [0, 0.1) is 6.92 Å². The van der Waals surface area contributed by atoms with E-state index in [-0.39, 0.29) is 11.7 Å². The molecule has 1 aromatic heterocycles. The van der Waals surface area contributed by atoms with E-state index in [1.54, 1.807) is 36.4 Å². The Morgan fingerprint density at radius 3 is 2.66 bits per heavy atom.